The fraction of sp³-hybridized carbons (Fsp3) is 0.632. The van der Waals surface area contributed by atoms with Gasteiger partial charge in [-0.1, -0.05) is 12.1 Å². The van der Waals surface area contributed by atoms with Crippen LogP contribution in [0.5, 0.6) is 0 Å². The predicted molar refractivity (Wildman–Crippen MR) is 102 cm³/mol. The number of hydrogen-bond acceptors (Lipinski definition) is 4. The zero-order valence-corrected chi connectivity index (χ0v) is 16.6. The van der Waals surface area contributed by atoms with E-state index in [9.17, 15) is 13.2 Å². The normalized spacial score (nSPS) is 18.6. The molecule has 1 aromatic rings. The summed E-state index contributed by atoms with van der Waals surface area (Å²) < 4.78 is 49.2. The number of guanidine groups is 1. The molecular weight excluding hydrogens is 373 g/mol. The van der Waals surface area contributed by atoms with E-state index in [0.29, 0.717) is 32.3 Å². The standard InChI is InChI=1S/C19H29F3N4O2/c1-14(13-27-3)25-18(23-2)24-12-17(26-8-10-28-11-9-26)15-4-6-16(7-5-15)19(20,21)22/h4-7,14,17H,8-13H2,1-3H3,(H2,23,24,25). The second kappa shape index (κ2) is 10.6. The van der Waals surface area contributed by atoms with Gasteiger partial charge in [-0.25, -0.2) is 0 Å². The molecule has 0 aromatic heterocycles. The van der Waals surface area contributed by atoms with Crippen LogP contribution in [0.15, 0.2) is 29.3 Å². The Kier molecular flexibility index (Phi) is 8.53. The fourth-order valence-corrected chi connectivity index (χ4v) is 3.15. The largest absolute Gasteiger partial charge is 0.416 e. The fourth-order valence-electron chi connectivity index (χ4n) is 3.15. The van der Waals surface area contributed by atoms with Gasteiger partial charge in [0.15, 0.2) is 5.96 Å². The molecule has 2 unspecified atom stereocenters. The van der Waals surface area contributed by atoms with Crippen molar-refractivity contribution in [2.24, 2.45) is 4.99 Å². The number of benzene rings is 1. The van der Waals surface area contributed by atoms with E-state index in [4.69, 9.17) is 9.47 Å². The topological polar surface area (TPSA) is 58.1 Å². The number of hydrogen-bond donors (Lipinski definition) is 2. The highest BCUT2D eigenvalue weighted by Crippen LogP contribution is 2.31. The predicted octanol–water partition coefficient (Wildman–Crippen LogP) is 2.28. The molecule has 1 aromatic carbocycles. The lowest BCUT2D eigenvalue weighted by Gasteiger charge is -2.35. The maximum Gasteiger partial charge on any atom is 0.416 e. The highest BCUT2D eigenvalue weighted by Gasteiger charge is 2.31. The van der Waals surface area contributed by atoms with Gasteiger partial charge in [0, 0.05) is 39.8 Å². The lowest BCUT2D eigenvalue weighted by atomic mass is 10.0. The maximum absolute atomic E-state index is 12.9. The monoisotopic (exact) mass is 402 g/mol. The van der Waals surface area contributed by atoms with Crippen molar-refractivity contribution < 1.29 is 22.6 Å². The first-order chi connectivity index (χ1) is 13.3. The van der Waals surface area contributed by atoms with Gasteiger partial charge in [-0.2, -0.15) is 13.2 Å². The number of rotatable bonds is 7. The SMILES string of the molecule is CN=C(NCC(c1ccc(C(F)(F)F)cc1)N1CCOCC1)NC(C)COC. The van der Waals surface area contributed by atoms with E-state index in [2.05, 4.69) is 20.5 Å². The van der Waals surface area contributed by atoms with Gasteiger partial charge in [-0.3, -0.25) is 9.89 Å². The Morgan fingerprint density at radius 3 is 2.43 bits per heavy atom. The van der Waals surface area contributed by atoms with Crippen LogP contribution in [0.2, 0.25) is 0 Å². The molecule has 2 rings (SSSR count). The molecule has 28 heavy (non-hydrogen) atoms. The first-order valence-corrected chi connectivity index (χ1v) is 9.30. The smallest absolute Gasteiger partial charge is 0.383 e. The highest BCUT2D eigenvalue weighted by atomic mass is 19.4. The summed E-state index contributed by atoms with van der Waals surface area (Å²) in [6.45, 7) is 5.67. The first-order valence-electron chi connectivity index (χ1n) is 9.30. The third-order valence-electron chi connectivity index (χ3n) is 4.60. The van der Waals surface area contributed by atoms with E-state index in [0.717, 1.165) is 30.8 Å². The summed E-state index contributed by atoms with van der Waals surface area (Å²) in [5.74, 6) is 0.620. The van der Waals surface area contributed by atoms with Crippen molar-refractivity contribution in [1.82, 2.24) is 15.5 Å². The van der Waals surface area contributed by atoms with Crippen molar-refractivity contribution in [3.63, 3.8) is 0 Å². The summed E-state index contributed by atoms with van der Waals surface area (Å²) in [5.41, 5.74) is 0.179. The molecule has 2 atom stereocenters. The van der Waals surface area contributed by atoms with E-state index in [1.54, 1.807) is 26.3 Å². The van der Waals surface area contributed by atoms with E-state index in [-0.39, 0.29) is 12.1 Å². The van der Waals surface area contributed by atoms with Gasteiger partial charge in [0.1, 0.15) is 0 Å². The van der Waals surface area contributed by atoms with Gasteiger partial charge in [-0.05, 0) is 24.6 Å². The Labute approximate surface area is 164 Å². The Morgan fingerprint density at radius 1 is 1.25 bits per heavy atom. The molecule has 1 heterocycles. The highest BCUT2D eigenvalue weighted by molar-refractivity contribution is 5.80. The average molecular weight is 402 g/mol. The summed E-state index contributed by atoms with van der Waals surface area (Å²) in [6, 6.07) is 5.35. The summed E-state index contributed by atoms with van der Waals surface area (Å²) in [6.07, 6.45) is -4.34. The van der Waals surface area contributed by atoms with Gasteiger partial charge in [0.05, 0.1) is 31.4 Å². The molecule has 0 aliphatic carbocycles. The van der Waals surface area contributed by atoms with Crippen LogP contribution >= 0.6 is 0 Å². The molecule has 1 saturated heterocycles. The summed E-state index contributed by atoms with van der Waals surface area (Å²) >= 11 is 0. The zero-order chi connectivity index (χ0) is 20.6. The molecule has 0 radical (unpaired) electrons. The van der Waals surface area contributed by atoms with Crippen LogP contribution in [0, 0.1) is 0 Å². The third kappa shape index (κ3) is 6.65. The molecule has 0 saturated carbocycles. The lowest BCUT2D eigenvalue weighted by molar-refractivity contribution is -0.137. The van der Waals surface area contributed by atoms with E-state index >= 15 is 0 Å². The maximum atomic E-state index is 12.9. The Morgan fingerprint density at radius 2 is 1.89 bits per heavy atom. The molecule has 6 nitrogen and oxygen atoms in total. The molecule has 0 bridgehead atoms. The number of methoxy groups -OCH3 is 1. The Bertz CT molecular complexity index is 617. The molecule has 0 spiro atoms. The number of nitrogens with one attached hydrogen (secondary N) is 2. The van der Waals surface area contributed by atoms with Crippen LogP contribution < -0.4 is 10.6 Å². The third-order valence-corrected chi connectivity index (χ3v) is 4.60. The number of ether oxygens (including phenoxy) is 2. The van der Waals surface area contributed by atoms with Crippen LogP contribution in [0.3, 0.4) is 0 Å². The van der Waals surface area contributed by atoms with Crippen LogP contribution in [0.25, 0.3) is 0 Å². The first kappa shape index (κ1) is 22.4. The quantitative estimate of drug-likeness (QED) is 0.541. The van der Waals surface area contributed by atoms with E-state index < -0.39 is 11.7 Å². The van der Waals surface area contributed by atoms with Crippen molar-refractivity contribution in [3.8, 4) is 0 Å². The number of nitrogens with zero attached hydrogens (tertiary/aromatic N) is 2. The molecule has 1 aliphatic heterocycles. The summed E-state index contributed by atoms with van der Waals surface area (Å²) in [4.78, 5) is 6.43. The van der Waals surface area contributed by atoms with Crippen molar-refractivity contribution in [1.29, 1.82) is 0 Å². The van der Waals surface area contributed by atoms with Crippen LogP contribution in [0.1, 0.15) is 24.1 Å². The second-order valence-corrected chi connectivity index (χ2v) is 6.74. The molecule has 1 aliphatic rings. The van der Waals surface area contributed by atoms with Crippen LogP contribution in [-0.2, 0) is 15.7 Å². The van der Waals surface area contributed by atoms with Crippen molar-refractivity contribution in [2.45, 2.75) is 25.2 Å². The van der Waals surface area contributed by atoms with Crippen molar-refractivity contribution >= 4 is 5.96 Å². The van der Waals surface area contributed by atoms with Gasteiger partial charge in [-0.15, -0.1) is 0 Å². The summed E-state index contributed by atoms with van der Waals surface area (Å²) in [5, 5.41) is 6.51. The zero-order valence-electron chi connectivity index (χ0n) is 16.6. The minimum atomic E-state index is -4.34. The van der Waals surface area contributed by atoms with Crippen molar-refractivity contribution in [3.05, 3.63) is 35.4 Å². The minimum absolute atomic E-state index is 0.0732. The van der Waals surface area contributed by atoms with Gasteiger partial charge in [0.25, 0.3) is 0 Å². The van der Waals surface area contributed by atoms with Gasteiger partial charge in [0.2, 0.25) is 0 Å². The number of morpholine rings is 1. The molecular formula is C19H29F3N4O2. The second-order valence-electron chi connectivity index (χ2n) is 6.74. The number of alkyl halides is 3. The minimum Gasteiger partial charge on any atom is -0.383 e. The molecule has 158 valence electrons. The number of aliphatic imine (C=N–C) groups is 1. The lowest BCUT2D eigenvalue weighted by Crippen LogP contribution is -2.48. The average Bonchev–Trinajstić information content (AvgIpc) is 2.68. The van der Waals surface area contributed by atoms with Crippen LogP contribution in [-0.4, -0.2) is 70.5 Å². The van der Waals surface area contributed by atoms with Crippen molar-refractivity contribution in [2.75, 3.05) is 53.6 Å². The van der Waals surface area contributed by atoms with Crippen LogP contribution in [0.4, 0.5) is 13.2 Å². The number of halogens is 3. The molecule has 1 fully saturated rings. The molecule has 2 N–H and O–H groups in total. The van der Waals surface area contributed by atoms with E-state index in [1.807, 2.05) is 6.92 Å². The Hall–Kier alpha value is -1.84. The molecule has 9 heteroatoms. The Balaban J connectivity index is 2.11. The summed E-state index contributed by atoms with van der Waals surface area (Å²) in [7, 11) is 3.31. The van der Waals surface area contributed by atoms with E-state index in [1.165, 1.54) is 0 Å². The van der Waals surface area contributed by atoms with Gasteiger partial charge < -0.3 is 20.1 Å². The molecule has 0 amide bonds. The van der Waals surface area contributed by atoms with Gasteiger partial charge >= 0.3 is 6.18 Å².